The molecule has 2 amide bonds. The standard InChI is InChI=1S/C21H26F4N4O4S/c1-21(2,3)33-19(30)28-6-4-27(5-7-28)16-14(22)8-12(9-15(16)23)29-11-13(32-20(29)31)10-26-18(34)17(24)25/h8-9,13,17H,4-7,10-11H2,1-3H3,(H,26,34). The molecule has 2 saturated heterocycles. The average Bonchev–Trinajstić information content (AvgIpc) is 3.11. The number of nitrogens with zero attached hydrogens (tertiary/aromatic N) is 3. The Balaban J connectivity index is 1.64. The summed E-state index contributed by atoms with van der Waals surface area (Å²) in [6.45, 7) is 5.83. The summed E-state index contributed by atoms with van der Waals surface area (Å²) in [7, 11) is 0. The molecule has 1 aromatic carbocycles. The van der Waals surface area contributed by atoms with E-state index in [4.69, 9.17) is 9.47 Å². The van der Waals surface area contributed by atoms with Crippen molar-refractivity contribution in [2.75, 3.05) is 49.1 Å². The van der Waals surface area contributed by atoms with Gasteiger partial charge >= 0.3 is 12.2 Å². The topological polar surface area (TPSA) is 74.3 Å². The van der Waals surface area contributed by atoms with Crippen molar-refractivity contribution >= 4 is 40.8 Å². The largest absolute Gasteiger partial charge is 0.444 e. The Bertz CT molecular complexity index is 928. The number of piperazine rings is 1. The molecule has 0 radical (unpaired) electrons. The molecule has 2 fully saturated rings. The summed E-state index contributed by atoms with van der Waals surface area (Å²) in [6, 6.07) is 2.03. The lowest BCUT2D eigenvalue weighted by atomic mass is 10.2. The number of ether oxygens (including phenoxy) is 2. The molecular formula is C21H26F4N4O4S. The predicted molar refractivity (Wildman–Crippen MR) is 121 cm³/mol. The number of benzene rings is 1. The first-order valence-electron chi connectivity index (χ1n) is 10.6. The Morgan fingerprint density at radius 2 is 1.79 bits per heavy atom. The summed E-state index contributed by atoms with van der Waals surface area (Å²) in [5.41, 5.74) is -0.973. The van der Waals surface area contributed by atoms with Gasteiger partial charge in [0.1, 0.15) is 22.4 Å². The number of halogens is 4. The Morgan fingerprint density at radius 3 is 2.32 bits per heavy atom. The molecule has 0 aliphatic carbocycles. The second-order valence-corrected chi connectivity index (χ2v) is 9.31. The number of hydrogen-bond acceptors (Lipinski definition) is 6. The van der Waals surface area contributed by atoms with Crippen LogP contribution in [0.2, 0.25) is 0 Å². The van der Waals surface area contributed by atoms with Crippen molar-refractivity contribution in [2.24, 2.45) is 0 Å². The predicted octanol–water partition coefficient (Wildman–Crippen LogP) is 3.53. The van der Waals surface area contributed by atoms with E-state index in [1.54, 1.807) is 20.8 Å². The fraction of sp³-hybridized carbons (Fsp3) is 0.571. The zero-order valence-corrected chi connectivity index (χ0v) is 19.8. The fourth-order valence-corrected chi connectivity index (χ4v) is 3.66. The van der Waals surface area contributed by atoms with Crippen molar-refractivity contribution in [3.8, 4) is 0 Å². The molecule has 0 aromatic heterocycles. The second kappa shape index (κ2) is 10.2. The molecule has 34 heavy (non-hydrogen) atoms. The van der Waals surface area contributed by atoms with Crippen LogP contribution in [0.15, 0.2) is 12.1 Å². The molecule has 1 unspecified atom stereocenters. The van der Waals surface area contributed by atoms with Crippen LogP contribution >= 0.6 is 12.2 Å². The Morgan fingerprint density at radius 1 is 1.21 bits per heavy atom. The molecule has 2 heterocycles. The lowest BCUT2D eigenvalue weighted by molar-refractivity contribution is 0.0240. The molecule has 1 aromatic rings. The van der Waals surface area contributed by atoms with E-state index in [0.29, 0.717) is 0 Å². The van der Waals surface area contributed by atoms with Crippen LogP contribution in [0.4, 0.5) is 38.5 Å². The highest BCUT2D eigenvalue weighted by atomic mass is 32.1. The van der Waals surface area contributed by atoms with Gasteiger partial charge in [-0.05, 0) is 20.8 Å². The van der Waals surface area contributed by atoms with Gasteiger partial charge in [-0.2, -0.15) is 0 Å². The number of alkyl halides is 2. The van der Waals surface area contributed by atoms with E-state index in [-0.39, 0.29) is 50.6 Å². The van der Waals surface area contributed by atoms with Crippen molar-refractivity contribution < 1.29 is 36.6 Å². The molecule has 8 nitrogen and oxygen atoms in total. The number of anilines is 2. The molecule has 0 spiro atoms. The van der Waals surface area contributed by atoms with Crippen LogP contribution in [-0.2, 0) is 9.47 Å². The highest BCUT2D eigenvalue weighted by molar-refractivity contribution is 7.80. The van der Waals surface area contributed by atoms with Gasteiger partial charge in [-0.3, -0.25) is 4.90 Å². The molecule has 188 valence electrons. The highest BCUT2D eigenvalue weighted by Gasteiger charge is 2.34. The van der Waals surface area contributed by atoms with E-state index in [9.17, 15) is 27.2 Å². The van der Waals surface area contributed by atoms with Gasteiger partial charge in [-0.15, -0.1) is 0 Å². The number of carbonyl (C=O) groups is 2. The first-order valence-corrected chi connectivity index (χ1v) is 11.0. The molecule has 1 N–H and O–H groups in total. The lowest BCUT2D eigenvalue weighted by Crippen LogP contribution is -2.50. The molecule has 0 saturated carbocycles. The van der Waals surface area contributed by atoms with Gasteiger partial charge in [0.2, 0.25) is 0 Å². The van der Waals surface area contributed by atoms with Gasteiger partial charge in [0.15, 0.2) is 11.6 Å². The van der Waals surface area contributed by atoms with Crippen molar-refractivity contribution in [2.45, 2.75) is 38.9 Å². The Labute approximate surface area is 199 Å². The minimum absolute atomic E-state index is 0.0601. The van der Waals surface area contributed by atoms with Gasteiger partial charge in [-0.25, -0.2) is 27.2 Å². The molecule has 3 rings (SSSR count). The van der Waals surface area contributed by atoms with Crippen LogP contribution in [0.1, 0.15) is 20.8 Å². The summed E-state index contributed by atoms with van der Waals surface area (Å²) in [6.07, 6.45) is -5.01. The van der Waals surface area contributed by atoms with Crippen LogP contribution in [-0.4, -0.2) is 79.5 Å². The monoisotopic (exact) mass is 506 g/mol. The first-order chi connectivity index (χ1) is 15.9. The van der Waals surface area contributed by atoms with E-state index < -0.39 is 46.9 Å². The minimum Gasteiger partial charge on any atom is -0.444 e. The lowest BCUT2D eigenvalue weighted by Gasteiger charge is -2.37. The molecule has 2 aliphatic heterocycles. The zero-order chi connectivity index (χ0) is 25.2. The number of hydrogen-bond donors (Lipinski definition) is 1. The van der Waals surface area contributed by atoms with Gasteiger partial charge < -0.3 is 24.6 Å². The summed E-state index contributed by atoms with van der Waals surface area (Å²) in [5, 5.41) is 2.30. The minimum atomic E-state index is -2.84. The van der Waals surface area contributed by atoms with Crippen molar-refractivity contribution in [3.63, 3.8) is 0 Å². The smallest absolute Gasteiger partial charge is 0.414 e. The summed E-state index contributed by atoms with van der Waals surface area (Å²) < 4.78 is 65.2. The van der Waals surface area contributed by atoms with Crippen molar-refractivity contribution in [1.29, 1.82) is 0 Å². The summed E-state index contributed by atoms with van der Waals surface area (Å²) >= 11 is 4.47. The molecular weight excluding hydrogens is 480 g/mol. The van der Waals surface area contributed by atoms with Crippen LogP contribution in [0, 0.1) is 11.6 Å². The van der Waals surface area contributed by atoms with Crippen LogP contribution in [0.25, 0.3) is 0 Å². The maximum Gasteiger partial charge on any atom is 0.414 e. The number of nitrogens with one attached hydrogen (secondary N) is 1. The maximum atomic E-state index is 14.9. The number of cyclic esters (lactones) is 1. The number of amides is 2. The summed E-state index contributed by atoms with van der Waals surface area (Å²) in [4.78, 5) is 27.7. The van der Waals surface area contributed by atoms with Gasteiger partial charge in [-0.1, -0.05) is 12.2 Å². The summed E-state index contributed by atoms with van der Waals surface area (Å²) in [5.74, 6) is -1.76. The third-order valence-corrected chi connectivity index (χ3v) is 5.46. The quantitative estimate of drug-likeness (QED) is 0.484. The van der Waals surface area contributed by atoms with E-state index in [0.717, 1.165) is 17.0 Å². The van der Waals surface area contributed by atoms with Gasteiger partial charge in [0, 0.05) is 38.3 Å². The SMILES string of the molecule is CC(C)(C)OC(=O)N1CCN(c2c(F)cc(N3CC(CNC(=S)C(F)F)OC3=O)cc2F)CC1. The van der Waals surface area contributed by atoms with Crippen LogP contribution in [0.5, 0.6) is 0 Å². The first kappa shape index (κ1) is 25.8. The van der Waals surface area contributed by atoms with Gasteiger partial charge in [0.05, 0.1) is 18.8 Å². The number of carbonyl (C=O) groups excluding carboxylic acids is 2. The molecule has 0 bridgehead atoms. The van der Waals surface area contributed by atoms with Crippen molar-refractivity contribution in [1.82, 2.24) is 10.2 Å². The third kappa shape index (κ3) is 6.19. The second-order valence-electron chi connectivity index (χ2n) is 8.87. The third-order valence-electron chi connectivity index (χ3n) is 5.14. The molecule has 13 heteroatoms. The van der Waals surface area contributed by atoms with Crippen molar-refractivity contribution in [3.05, 3.63) is 23.8 Å². The Hall–Kier alpha value is -2.83. The average molecular weight is 507 g/mol. The highest BCUT2D eigenvalue weighted by Crippen LogP contribution is 2.31. The van der Waals surface area contributed by atoms with E-state index in [2.05, 4.69) is 17.5 Å². The molecule has 1 atom stereocenters. The van der Waals surface area contributed by atoms with E-state index in [1.165, 1.54) is 9.80 Å². The fourth-order valence-electron chi connectivity index (χ4n) is 3.58. The molecule has 2 aliphatic rings. The van der Waals surface area contributed by atoms with E-state index >= 15 is 0 Å². The Kier molecular flexibility index (Phi) is 7.74. The van der Waals surface area contributed by atoms with Crippen LogP contribution < -0.4 is 15.1 Å². The van der Waals surface area contributed by atoms with E-state index in [1.807, 2.05) is 0 Å². The zero-order valence-electron chi connectivity index (χ0n) is 18.9. The number of rotatable bonds is 5. The maximum absolute atomic E-state index is 14.9. The normalized spacial score (nSPS) is 18.9. The van der Waals surface area contributed by atoms with Gasteiger partial charge in [0.25, 0.3) is 6.43 Å². The van der Waals surface area contributed by atoms with Crippen LogP contribution in [0.3, 0.4) is 0 Å². The number of thiocarbonyl (C=S) groups is 1.